The largest absolute Gasteiger partial charge is 0.383 e. The Labute approximate surface area is 99.1 Å². The lowest BCUT2D eigenvalue weighted by molar-refractivity contribution is -0.103. The number of carbonyl (C=O) groups is 1. The highest BCUT2D eigenvalue weighted by molar-refractivity contribution is 6.42. The molecule has 0 radical (unpaired) electrons. The van der Waals surface area contributed by atoms with Crippen LogP contribution in [0.2, 0.25) is 10.0 Å². The second-order valence-corrected chi connectivity index (χ2v) is 4.11. The average molecular weight is 244 g/mol. The Bertz CT molecular complexity index is 400. The summed E-state index contributed by atoms with van der Waals surface area (Å²) < 4.78 is 0. The molecule has 0 N–H and O–H groups in total. The third kappa shape index (κ3) is 3.26. The first-order valence-electron chi connectivity index (χ1n) is 4.33. The molecule has 0 unspecified atom stereocenters. The van der Waals surface area contributed by atoms with Gasteiger partial charge in [-0.15, -0.1) is 0 Å². The number of hydrogen-bond acceptors (Lipinski definition) is 2. The van der Waals surface area contributed by atoms with Crippen molar-refractivity contribution in [2.75, 3.05) is 14.1 Å². The van der Waals surface area contributed by atoms with Crippen LogP contribution in [-0.2, 0) is 4.79 Å². The van der Waals surface area contributed by atoms with E-state index in [-0.39, 0.29) is 0 Å². The number of carbonyl (C=O) groups excluding carboxylic acids is 1. The topological polar surface area (TPSA) is 20.3 Å². The van der Waals surface area contributed by atoms with Gasteiger partial charge in [0.1, 0.15) is 0 Å². The zero-order chi connectivity index (χ0) is 11.4. The van der Waals surface area contributed by atoms with Crippen LogP contribution >= 0.6 is 23.2 Å². The summed E-state index contributed by atoms with van der Waals surface area (Å²) in [5.41, 5.74) is 1.33. The van der Waals surface area contributed by atoms with Gasteiger partial charge in [-0.3, -0.25) is 4.79 Å². The van der Waals surface area contributed by atoms with E-state index < -0.39 is 0 Å². The lowest BCUT2D eigenvalue weighted by atomic mass is 10.1. The minimum atomic E-state index is 0.445. The highest BCUT2D eigenvalue weighted by atomic mass is 35.5. The van der Waals surface area contributed by atoms with Crippen LogP contribution in [0.25, 0.3) is 5.57 Å². The Hall–Kier alpha value is -0.990. The maximum absolute atomic E-state index is 10.9. The van der Waals surface area contributed by atoms with Crippen molar-refractivity contribution in [3.63, 3.8) is 0 Å². The van der Waals surface area contributed by atoms with Crippen LogP contribution in [-0.4, -0.2) is 25.3 Å². The van der Waals surface area contributed by atoms with Gasteiger partial charge in [0.25, 0.3) is 0 Å². The predicted molar refractivity (Wildman–Crippen MR) is 64.2 cm³/mol. The zero-order valence-electron chi connectivity index (χ0n) is 8.50. The summed E-state index contributed by atoms with van der Waals surface area (Å²) in [6.45, 7) is 0. The summed E-state index contributed by atoms with van der Waals surface area (Å²) in [7, 11) is 3.70. The molecule has 0 aliphatic rings. The van der Waals surface area contributed by atoms with E-state index in [2.05, 4.69) is 0 Å². The van der Waals surface area contributed by atoms with Gasteiger partial charge in [-0.1, -0.05) is 29.3 Å². The summed E-state index contributed by atoms with van der Waals surface area (Å²) in [5.74, 6) is 0. The van der Waals surface area contributed by atoms with Crippen molar-refractivity contribution in [1.29, 1.82) is 0 Å². The van der Waals surface area contributed by atoms with Crippen molar-refractivity contribution in [3.8, 4) is 0 Å². The van der Waals surface area contributed by atoms with Crippen molar-refractivity contribution in [2.45, 2.75) is 0 Å². The van der Waals surface area contributed by atoms with E-state index in [9.17, 15) is 4.79 Å². The normalized spacial score (nSPS) is 11.3. The molecule has 0 aromatic heterocycles. The summed E-state index contributed by atoms with van der Waals surface area (Å²) in [5, 5.41) is 0.927. The SMILES string of the molecule is CN(C)/C=C(/C=O)c1ccc(Cl)c(Cl)c1. The lowest BCUT2D eigenvalue weighted by Gasteiger charge is -2.08. The molecule has 1 aromatic rings. The summed E-state index contributed by atoms with van der Waals surface area (Å²) in [4.78, 5) is 12.7. The molecule has 1 aromatic carbocycles. The third-order valence-corrected chi connectivity index (χ3v) is 2.52. The number of hydrogen-bond donors (Lipinski definition) is 0. The third-order valence-electron chi connectivity index (χ3n) is 1.78. The fourth-order valence-corrected chi connectivity index (χ4v) is 1.42. The van der Waals surface area contributed by atoms with E-state index in [1.807, 2.05) is 14.1 Å². The molecule has 15 heavy (non-hydrogen) atoms. The minimum Gasteiger partial charge on any atom is -0.383 e. The summed E-state index contributed by atoms with van der Waals surface area (Å²) in [6, 6.07) is 5.11. The lowest BCUT2D eigenvalue weighted by Crippen LogP contribution is -2.03. The molecule has 0 amide bonds. The Morgan fingerprint density at radius 3 is 2.40 bits per heavy atom. The molecule has 0 spiro atoms. The van der Waals surface area contributed by atoms with Crippen LogP contribution in [0.1, 0.15) is 5.56 Å². The maximum Gasteiger partial charge on any atom is 0.152 e. The van der Waals surface area contributed by atoms with Gasteiger partial charge in [-0.2, -0.15) is 0 Å². The smallest absolute Gasteiger partial charge is 0.152 e. The fourth-order valence-electron chi connectivity index (χ4n) is 1.13. The van der Waals surface area contributed by atoms with Crippen LogP contribution in [0, 0.1) is 0 Å². The highest BCUT2D eigenvalue weighted by Crippen LogP contribution is 2.25. The molecule has 0 heterocycles. The van der Waals surface area contributed by atoms with E-state index in [0.717, 1.165) is 11.8 Å². The van der Waals surface area contributed by atoms with Crippen LogP contribution in [0.15, 0.2) is 24.4 Å². The molecule has 0 aliphatic carbocycles. The van der Waals surface area contributed by atoms with E-state index >= 15 is 0 Å². The Kier molecular flexibility index (Phi) is 4.18. The number of benzene rings is 1. The van der Waals surface area contributed by atoms with Crippen LogP contribution < -0.4 is 0 Å². The van der Waals surface area contributed by atoms with Gasteiger partial charge >= 0.3 is 0 Å². The van der Waals surface area contributed by atoms with Gasteiger partial charge in [-0.05, 0) is 17.7 Å². The Morgan fingerprint density at radius 1 is 1.27 bits per heavy atom. The van der Waals surface area contributed by atoms with Crippen molar-refractivity contribution < 1.29 is 4.79 Å². The van der Waals surface area contributed by atoms with Gasteiger partial charge in [0.2, 0.25) is 0 Å². The predicted octanol–water partition coefficient (Wildman–Crippen LogP) is 3.09. The summed E-state index contributed by atoms with van der Waals surface area (Å²) >= 11 is 11.6. The van der Waals surface area contributed by atoms with Crippen molar-refractivity contribution in [2.24, 2.45) is 0 Å². The molecule has 0 atom stereocenters. The summed E-state index contributed by atoms with van der Waals surface area (Å²) in [6.07, 6.45) is 2.52. The van der Waals surface area contributed by atoms with Gasteiger partial charge in [0, 0.05) is 25.9 Å². The molecule has 80 valence electrons. The molecule has 1 rings (SSSR count). The van der Waals surface area contributed by atoms with E-state index in [0.29, 0.717) is 15.6 Å². The van der Waals surface area contributed by atoms with Gasteiger partial charge in [0.15, 0.2) is 6.29 Å². The molecule has 0 fully saturated rings. The molecule has 0 saturated carbocycles. The van der Waals surface area contributed by atoms with E-state index in [1.54, 1.807) is 29.3 Å². The number of rotatable bonds is 3. The Morgan fingerprint density at radius 2 is 1.93 bits per heavy atom. The average Bonchev–Trinajstić information content (AvgIpc) is 2.18. The monoisotopic (exact) mass is 243 g/mol. The van der Waals surface area contributed by atoms with Crippen molar-refractivity contribution in [1.82, 2.24) is 4.90 Å². The fraction of sp³-hybridized carbons (Fsp3) is 0.182. The molecular formula is C11H11Cl2NO. The number of nitrogens with zero attached hydrogens (tertiary/aromatic N) is 1. The van der Waals surface area contributed by atoms with Gasteiger partial charge in [0.05, 0.1) is 10.0 Å². The van der Waals surface area contributed by atoms with Gasteiger partial charge < -0.3 is 4.90 Å². The zero-order valence-corrected chi connectivity index (χ0v) is 10.0. The molecule has 4 heteroatoms. The molecule has 0 aliphatic heterocycles. The molecule has 2 nitrogen and oxygen atoms in total. The molecule has 0 bridgehead atoms. The second kappa shape index (κ2) is 5.19. The first-order valence-corrected chi connectivity index (χ1v) is 5.09. The standard InChI is InChI=1S/C11H11Cl2NO/c1-14(2)6-9(7-15)8-3-4-10(12)11(13)5-8/h3-7H,1-2H3/b9-6-. The Balaban J connectivity index is 3.14. The molecular weight excluding hydrogens is 233 g/mol. The first kappa shape index (κ1) is 12.1. The van der Waals surface area contributed by atoms with Crippen molar-refractivity contribution in [3.05, 3.63) is 40.0 Å². The van der Waals surface area contributed by atoms with E-state index in [4.69, 9.17) is 23.2 Å². The quantitative estimate of drug-likeness (QED) is 0.601. The van der Waals surface area contributed by atoms with Crippen LogP contribution in [0.3, 0.4) is 0 Å². The van der Waals surface area contributed by atoms with Crippen molar-refractivity contribution >= 4 is 35.1 Å². The highest BCUT2D eigenvalue weighted by Gasteiger charge is 2.04. The van der Waals surface area contributed by atoms with E-state index in [1.165, 1.54) is 0 Å². The number of halogens is 2. The number of aldehydes is 1. The second-order valence-electron chi connectivity index (χ2n) is 3.29. The van der Waals surface area contributed by atoms with Crippen LogP contribution in [0.5, 0.6) is 0 Å². The maximum atomic E-state index is 10.9. The first-order chi connectivity index (χ1) is 7.04. The minimum absolute atomic E-state index is 0.445. The van der Waals surface area contributed by atoms with Crippen LogP contribution in [0.4, 0.5) is 0 Å². The number of allylic oxidation sites excluding steroid dienone is 1. The molecule has 0 saturated heterocycles. The van der Waals surface area contributed by atoms with Gasteiger partial charge in [-0.25, -0.2) is 0 Å².